The number of aromatic hydroxyl groups is 1. The lowest BCUT2D eigenvalue weighted by Crippen LogP contribution is -2.20. The van der Waals surface area contributed by atoms with Gasteiger partial charge in [0.1, 0.15) is 5.75 Å². The van der Waals surface area contributed by atoms with E-state index in [1.807, 2.05) is 18.2 Å². The Labute approximate surface area is 113 Å². The molecule has 5 heteroatoms. The van der Waals surface area contributed by atoms with Crippen molar-refractivity contribution >= 4 is 23.1 Å². The SMILES string of the molecule is O=c1c2cc(O)ccc2[nH]c(=S)n1-c1ccccc1. The van der Waals surface area contributed by atoms with Crippen molar-refractivity contribution in [3.63, 3.8) is 0 Å². The van der Waals surface area contributed by atoms with Gasteiger partial charge in [-0.05, 0) is 42.5 Å². The molecule has 3 rings (SSSR count). The van der Waals surface area contributed by atoms with Gasteiger partial charge in [-0.1, -0.05) is 18.2 Å². The van der Waals surface area contributed by atoms with Gasteiger partial charge in [-0.3, -0.25) is 9.36 Å². The second kappa shape index (κ2) is 4.37. The van der Waals surface area contributed by atoms with E-state index >= 15 is 0 Å². The highest BCUT2D eigenvalue weighted by atomic mass is 32.1. The van der Waals surface area contributed by atoms with Crippen molar-refractivity contribution < 1.29 is 5.11 Å². The number of phenols is 1. The molecule has 0 unspecified atom stereocenters. The van der Waals surface area contributed by atoms with E-state index in [0.29, 0.717) is 21.4 Å². The standard InChI is InChI=1S/C14H10N2O2S/c17-10-6-7-12-11(8-10)13(18)16(14(19)15-12)9-4-2-1-3-5-9/h1-8,17H,(H,15,19). The maximum atomic E-state index is 12.5. The number of hydrogen-bond donors (Lipinski definition) is 2. The number of aromatic amines is 1. The van der Waals surface area contributed by atoms with Gasteiger partial charge in [0.05, 0.1) is 16.6 Å². The van der Waals surface area contributed by atoms with Gasteiger partial charge in [0.15, 0.2) is 4.77 Å². The Kier molecular flexibility index (Phi) is 2.68. The molecule has 94 valence electrons. The molecule has 2 N–H and O–H groups in total. The lowest BCUT2D eigenvalue weighted by molar-refractivity contribution is 0.476. The molecule has 2 aromatic carbocycles. The predicted octanol–water partition coefficient (Wildman–Crippen LogP) is 2.75. The third kappa shape index (κ3) is 1.94. The number of benzene rings is 2. The molecule has 0 aliphatic carbocycles. The quantitative estimate of drug-likeness (QED) is 0.668. The molecule has 0 fully saturated rings. The van der Waals surface area contributed by atoms with Crippen LogP contribution < -0.4 is 5.56 Å². The zero-order valence-corrected chi connectivity index (χ0v) is 10.6. The van der Waals surface area contributed by atoms with E-state index in [9.17, 15) is 9.90 Å². The topological polar surface area (TPSA) is 58.0 Å². The molecule has 0 spiro atoms. The largest absolute Gasteiger partial charge is 0.508 e. The molecule has 0 saturated carbocycles. The Bertz CT molecular complexity index is 866. The molecule has 0 radical (unpaired) electrons. The van der Waals surface area contributed by atoms with E-state index in [2.05, 4.69) is 4.98 Å². The number of rotatable bonds is 1. The molecule has 0 amide bonds. The fourth-order valence-corrected chi connectivity index (χ4v) is 2.31. The van der Waals surface area contributed by atoms with Gasteiger partial charge in [-0.15, -0.1) is 0 Å². The van der Waals surface area contributed by atoms with Crippen molar-refractivity contribution in [3.8, 4) is 11.4 Å². The average molecular weight is 270 g/mol. The summed E-state index contributed by atoms with van der Waals surface area (Å²) in [5.74, 6) is 0.0507. The summed E-state index contributed by atoms with van der Waals surface area (Å²) in [5, 5.41) is 9.90. The van der Waals surface area contributed by atoms with Gasteiger partial charge in [0.2, 0.25) is 0 Å². The second-order valence-electron chi connectivity index (χ2n) is 4.14. The molecular formula is C14H10N2O2S. The van der Waals surface area contributed by atoms with Crippen molar-refractivity contribution in [2.75, 3.05) is 0 Å². The minimum Gasteiger partial charge on any atom is -0.508 e. The van der Waals surface area contributed by atoms with Crippen LogP contribution in [0.2, 0.25) is 0 Å². The molecule has 0 aliphatic heterocycles. The summed E-state index contributed by atoms with van der Waals surface area (Å²) in [6, 6.07) is 13.7. The van der Waals surface area contributed by atoms with E-state index in [1.54, 1.807) is 18.2 Å². The third-order valence-corrected chi connectivity index (χ3v) is 3.18. The first-order chi connectivity index (χ1) is 9.16. The highest BCUT2D eigenvalue weighted by molar-refractivity contribution is 7.71. The smallest absolute Gasteiger partial charge is 0.266 e. The maximum absolute atomic E-state index is 12.5. The normalized spacial score (nSPS) is 10.7. The van der Waals surface area contributed by atoms with Crippen LogP contribution in [0.4, 0.5) is 0 Å². The highest BCUT2D eigenvalue weighted by Gasteiger charge is 2.07. The van der Waals surface area contributed by atoms with Gasteiger partial charge < -0.3 is 10.1 Å². The average Bonchev–Trinajstić information content (AvgIpc) is 2.41. The van der Waals surface area contributed by atoms with Crippen LogP contribution >= 0.6 is 12.2 Å². The van der Waals surface area contributed by atoms with Gasteiger partial charge in [-0.25, -0.2) is 0 Å². The number of para-hydroxylation sites is 1. The monoisotopic (exact) mass is 270 g/mol. The van der Waals surface area contributed by atoms with Crippen LogP contribution in [0.25, 0.3) is 16.6 Å². The number of nitrogens with one attached hydrogen (secondary N) is 1. The van der Waals surface area contributed by atoms with Crippen LogP contribution in [0, 0.1) is 4.77 Å². The lowest BCUT2D eigenvalue weighted by atomic mass is 10.2. The number of hydrogen-bond acceptors (Lipinski definition) is 3. The van der Waals surface area contributed by atoms with Crippen molar-refractivity contribution in [3.05, 3.63) is 63.7 Å². The minimum atomic E-state index is -0.249. The fourth-order valence-electron chi connectivity index (χ4n) is 2.01. The van der Waals surface area contributed by atoms with E-state index in [0.717, 1.165) is 0 Å². The summed E-state index contributed by atoms with van der Waals surface area (Å²) >= 11 is 5.23. The van der Waals surface area contributed by atoms with Crippen molar-refractivity contribution in [2.45, 2.75) is 0 Å². The van der Waals surface area contributed by atoms with E-state index in [-0.39, 0.29) is 11.3 Å². The molecule has 0 bridgehead atoms. The molecular weight excluding hydrogens is 260 g/mol. The van der Waals surface area contributed by atoms with E-state index < -0.39 is 0 Å². The zero-order valence-electron chi connectivity index (χ0n) is 9.83. The van der Waals surface area contributed by atoms with Crippen molar-refractivity contribution in [1.82, 2.24) is 9.55 Å². The summed E-state index contributed by atoms with van der Waals surface area (Å²) in [5.41, 5.74) is 1.06. The molecule has 4 nitrogen and oxygen atoms in total. The first kappa shape index (κ1) is 11.7. The number of fused-ring (bicyclic) bond motifs is 1. The first-order valence-electron chi connectivity index (χ1n) is 5.70. The van der Waals surface area contributed by atoms with Crippen LogP contribution in [0.3, 0.4) is 0 Å². The number of nitrogens with zero attached hydrogens (tertiary/aromatic N) is 1. The number of aromatic nitrogens is 2. The summed E-state index contributed by atoms with van der Waals surface area (Å²) in [4.78, 5) is 15.5. The summed E-state index contributed by atoms with van der Waals surface area (Å²) < 4.78 is 1.74. The highest BCUT2D eigenvalue weighted by Crippen LogP contribution is 2.16. The Morgan fingerprint density at radius 3 is 2.58 bits per heavy atom. The van der Waals surface area contributed by atoms with Crippen molar-refractivity contribution in [1.29, 1.82) is 0 Å². The van der Waals surface area contributed by atoms with Crippen LogP contribution in [0.5, 0.6) is 5.75 Å². The van der Waals surface area contributed by atoms with Gasteiger partial charge >= 0.3 is 0 Å². The Morgan fingerprint density at radius 1 is 1.11 bits per heavy atom. The van der Waals surface area contributed by atoms with Crippen LogP contribution in [-0.4, -0.2) is 14.7 Å². The fraction of sp³-hybridized carbons (Fsp3) is 0. The summed E-state index contributed by atoms with van der Waals surface area (Å²) in [6.45, 7) is 0. The third-order valence-electron chi connectivity index (χ3n) is 2.90. The first-order valence-corrected chi connectivity index (χ1v) is 6.11. The minimum absolute atomic E-state index is 0.0507. The Hall–Kier alpha value is -2.40. The summed E-state index contributed by atoms with van der Waals surface area (Å²) in [7, 11) is 0. The van der Waals surface area contributed by atoms with Crippen LogP contribution in [0.15, 0.2) is 53.3 Å². The number of H-pyrrole nitrogens is 1. The van der Waals surface area contributed by atoms with E-state index in [1.165, 1.54) is 16.7 Å². The van der Waals surface area contributed by atoms with Crippen molar-refractivity contribution in [2.24, 2.45) is 0 Å². The zero-order chi connectivity index (χ0) is 13.4. The Balaban J connectivity index is 2.44. The molecule has 1 heterocycles. The second-order valence-corrected chi connectivity index (χ2v) is 4.52. The van der Waals surface area contributed by atoms with Gasteiger partial charge in [-0.2, -0.15) is 0 Å². The molecule has 0 atom stereocenters. The molecule has 3 aromatic rings. The van der Waals surface area contributed by atoms with Crippen LogP contribution in [-0.2, 0) is 0 Å². The number of phenolic OH excluding ortho intramolecular Hbond substituents is 1. The van der Waals surface area contributed by atoms with Crippen LogP contribution in [0.1, 0.15) is 0 Å². The predicted molar refractivity (Wildman–Crippen MR) is 76.4 cm³/mol. The molecule has 0 aliphatic rings. The summed E-state index contributed by atoms with van der Waals surface area (Å²) in [6.07, 6.45) is 0. The molecule has 19 heavy (non-hydrogen) atoms. The lowest BCUT2D eigenvalue weighted by Gasteiger charge is -2.08. The van der Waals surface area contributed by atoms with Gasteiger partial charge in [0.25, 0.3) is 5.56 Å². The van der Waals surface area contributed by atoms with E-state index in [4.69, 9.17) is 12.2 Å². The maximum Gasteiger partial charge on any atom is 0.266 e. The molecule has 0 saturated heterocycles. The van der Waals surface area contributed by atoms with Gasteiger partial charge in [0, 0.05) is 0 Å². The Morgan fingerprint density at radius 2 is 1.84 bits per heavy atom. The molecule has 1 aromatic heterocycles.